The summed E-state index contributed by atoms with van der Waals surface area (Å²) in [7, 11) is 0. The van der Waals surface area contributed by atoms with Crippen molar-refractivity contribution in [3.05, 3.63) is 0 Å². The van der Waals surface area contributed by atoms with E-state index in [-0.39, 0.29) is 37.1 Å². The van der Waals surface area contributed by atoms with E-state index in [9.17, 15) is 14.7 Å². The van der Waals surface area contributed by atoms with Gasteiger partial charge in [-0.3, -0.25) is 9.59 Å². The number of nitrogens with two attached hydrogens (primary N) is 1. The van der Waals surface area contributed by atoms with Crippen LogP contribution < -0.4 is 5.73 Å². The lowest BCUT2D eigenvalue weighted by Crippen LogP contribution is -2.51. The molecule has 1 aliphatic heterocycles. The van der Waals surface area contributed by atoms with Gasteiger partial charge in [0.2, 0.25) is 5.91 Å². The first kappa shape index (κ1) is 15.9. The standard InChI is InChI=1S/C13H24N2O4/c1-4-5-15(12(16)8(2)9(3)14)11-7-19-6-10(11)13(17)18/h8-11H,4-7,14H2,1-3H3,(H,17,18). The van der Waals surface area contributed by atoms with Crippen LogP contribution in [0.2, 0.25) is 0 Å². The molecule has 1 aliphatic rings. The lowest BCUT2D eigenvalue weighted by atomic mass is 9.97. The van der Waals surface area contributed by atoms with E-state index in [4.69, 9.17) is 10.5 Å². The lowest BCUT2D eigenvalue weighted by Gasteiger charge is -2.33. The summed E-state index contributed by atoms with van der Waals surface area (Å²) in [5.74, 6) is -1.96. The number of carboxylic acid groups (broad SMARTS) is 1. The summed E-state index contributed by atoms with van der Waals surface area (Å²) in [5, 5.41) is 9.19. The van der Waals surface area contributed by atoms with E-state index in [1.54, 1.807) is 18.7 Å². The van der Waals surface area contributed by atoms with Crippen LogP contribution in [0.3, 0.4) is 0 Å². The fraction of sp³-hybridized carbons (Fsp3) is 0.846. The van der Waals surface area contributed by atoms with Gasteiger partial charge in [-0.05, 0) is 13.3 Å². The van der Waals surface area contributed by atoms with Gasteiger partial charge in [-0.1, -0.05) is 13.8 Å². The van der Waals surface area contributed by atoms with Crippen molar-refractivity contribution in [2.24, 2.45) is 17.6 Å². The fourth-order valence-corrected chi connectivity index (χ4v) is 2.25. The molecule has 4 atom stereocenters. The van der Waals surface area contributed by atoms with Gasteiger partial charge in [0, 0.05) is 12.6 Å². The van der Waals surface area contributed by atoms with Crippen LogP contribution in [-0.4, -0.2) is 53.7 Å². The number of aliphatic carboxylic acids is 1. The van der Waals surface area contributed by atoms with E-state index >= 15 is 0 Å². The molecule has 0 saturated carbocycles. The van der Waals surface area contributed by atoms with Crippen molar-refractivity contribution in [1.82, 2.24) is 4.90 Å². The summed E-state index contributed by atoms with van der Waals surface area (Å²) in [5.41, 5.74) is 5.77. The number of carboxylic acids is 1. The molecular weight excluding hydrogens is 248 g/mol. The maximum absolute atomic E-state index is 12.4. The molecule has 19 heavy (non-hydrogen) atoms. The Morgan fingerprint density at radius 3 is 2.53 bits per heavy atom. The second-order valence-corrected chi connectivity index (χ2v) is 5.23. The Hall–Kier alpha value is -1.14. The molecule has 6 heteroatoms. The van der Waals surface area contributed by atoms with Gasteiger partial charge >= 0.3 is 5.97 Å². The number of amides is 1. The summed E-state index contributed by atoms with van der Waals surface area (Å²) in [6, 6.07) is -0.636. The van der Waals surface area contributed by atoms with Crippen molar-refractivity contribution in [3.63, 3.8) is 0 Å². The summed E-state index contributed by atoms with van der Waals surface area (Å²) in [4.78, 5) is 25.3. The summed E-state index contributed by atoms with van der Waals surface area (Å²) >= 11 is 0. The Bertz CT molecular complexity index is 333. The van der Waals surface area contributed by atoms with Gasteiger partial charge in [0.05, 0.1) is 25.2 Å². The summed E-state index contributed by atoms with van der Waals surface area (Å²) in [6.07, 6.45) is 0.778. The van der Waals surface area contributed by atoms with Crippen LogP contribution in [0.5, 0.6) is 0 Å². The van der Waals surface area contributed by atoms with Crippen LogP contribution in [0.15, 0.2) is 0 Å². The average molecular weight is 272 g/mol. The molecule has 3 N–H and O–H groups in total. The molecule has 0 bridgehead atoms. The molecule has 1 rings (SSSR count). The minimum absolute atomic E-state index is 0.0846. The van der Waals surface area contributed by atoms with E-state index in [1.165, 1.54) is 0 Å². The number of carbonyl (C=O) groups is 2. The highest BCUT2D eigenvalue weighted by molar-refractivity contribution is 5.81. The molecule has 110 valence electrons. The minimum Gasteiger partial charge on any atom is -0.481 e. The quantitative estimate of drug-likeness (QED) is 0.726. The number of carbonyl (C=O) groups excluding carboxylic acids is 1. The number of rotatable bonds is 6. The van der Waals surface area contributed by atoms with Gasteiger partial charge in [0.1, 0.15) is 5.92 Å². The number of hydrogen-bond donors (Lipinski definition) is 2. The number of nitrogens with zero attached hydrogens (tertiary/aromatic N) is 1. The highest BCUT2D eigenvalue weighted by atomic mass is 16.5. The summed E-state index contributed by atoms with van der Waals surface area (Å²) in [6.45, 7) is 6.51. The van der Waals surface area contributed by atoms with Gasteiger partial charge < -0.3 is 20.5 Å². The molecule has 0 spiro atoms. The highest BCUT2D eigenvalue weighted by Crippen LogP contribution is 2.22. The largest absolute Gasteiger partial charge is 0.481 e. The zero-order valence-corrected chi connectivity index (χ0v) is 11.8. The topological polar surface area (TPSA) is 92.9 Å². The molecule has 1 heterocycles. The van der Waals surface area contributed by atoms with Gasteiger partial charge in [-0.2, -0.15) is 0 Å². The van der Waals surface area contributed by atoms with Crippen molar-refractivity contribution < 1.29 is 19.4 Å². The first-order valence-electron chi connectivity index (χ1n) is 6.76. The second-order valence-electron chi connectivity index (χ2n) is 5.23. The maximum Gasteiger partial charge on any atom is 0.311 e. The molecule has 0 aromatic heterocycles. The van der Waals surface area contributed by atoms with Crippen LogP contribution in [0.1, 0.15) is 27.2 Å². The Morgan fingerprint density at radius 2 is 2.05 bits per heavy atom. The van der Waals surface area contributed by atoms with E-state index in [0.29, 0.717) is 6.54 Å². The first-order valence-corrected chi connectivity index (χ1v) is 6.76. The molecule has 1 amide bonds. The van der Waals surface area contributed by atoms with Crippen molar-refractivity contribution in [2.45, 2.75) is 39.3 Å². The molecule has 1 fully saturated rings. The van der Waals surface area contributed by atoms with Crippen molar-refractivity contribution in [2.75, 3.05) is 19.8 Å². The third-order valence-electron chi connectivity index (χ3n) is 3.69. The second kappa shape index (κ2) is 6.86. The van der Waals surface area contributed by atoms with Crippen LogP contribution in [0.25, 0.3) is 0 Å². The van der Waals surface area contributed by atoms with E-state index in [0.717, 1.165) is 6.42 Å². The number of hydrogen-bond acceptors (Lipinski definition) is 4. The smallest absolute Gasteiger partial charge is 0.311 e. The Balaban J connectivity index is 2.87. The number of ether oxygens (including phenoxy) is 1. The molecule has 1 saturated heterocycles. The van der Waals surface area contributed by atoms with Gasteiger partial charge in [-0.25, -0.2) is 0 Å². The van der Waals surface area contributed by atoms with E-state index < -0.39 is 11.9 Å². The van der Waals surface area contributed by atoms with Crippen molar-refractivity contribution >= 4 is 11.9 Å². The molecule has 6 nitrogen and oxygen atoms in total. The molecule has 0 aliphatic carbocycles. The first-order chi connectivity index (χ1) is 8.90. The Labute approximate surface area is 113 Å². The minimum atomic E-state index is -0.912. The van der Waals surface area contributed by atoms with Gasteiger partial charge in [0.15, 0.2) is 0 Å². The van der Waals surface area contributed by atoms with Crippen molar-refractivity contribution in [1.29, 1.82) is 0 Å². The zero-order chi connectivity index (χ0) is 14.6. The molecule has 0 aromatic carbocycles. The predicted octanol–water partition coefficient (Wildman–Crippen LogP) is 0.308. The van der Waals surface area contributed by atoms with Crippen molar-refractivity contribution in [3.8, 4) is 0 Å². The van der Waals surface area contributed by atoms with Crippen LogP contribution in [0.4, 0.5) is 0 Å². The third-order valence-corrected chi connectivity index (χ3v) is 3.69. The Morgan fingerprint density at radius 1 is 1.42 bits per heavy atom. The normalized spacial score (nSPS) is 25.9. The fourth-order valence-electron chi connectivity index (χ4n) is 2.25. The molecule has 0 aromatic rings. The van der Waals surface area contributed by atoms with Gasteiger partial charge in [-0.15, -0.1) is 0 Å². The lowest BCUT2D eigenvalue weighted by molar-refractivity contribution is -0.146. The molecule has 0 radical (unpaired) electrons. The van der Waals surface area contributed by atoms with E-state index in [1.807, 2.05) is 6.92 Å². The highest BCUT2D eigenvalue weighted by Gasteiger charge is 2.40. The van der Waals surface area contributed by atoms with Gasteiger partial charge in [0.25, 0.3) is 0 Å². The molecular formula is C13H24N2O4. The maximum atomic E-state index is 12.4. The molecule has 4 unspecified atom stereocenters. The predicted molar refractivity (Wildman–Crippen MR) is 70.6 cm³/mol. The Kier molecular flexibility index (Phi) is 5.75. The third kappa shape index (κ3) is 3.67. The SMILES string of the molecule is CCCN(C(=O)C(C)C(C)N)C1COCC1C(=O)O. The average Bonchev–Trinajstić information content (AvgIpc) is 2.83. The zero-order valence-electron chi connectivity index (χ0n) is 11.8. The van der Waals surface area contributed by atoms with Crippen LogP contribution in [0, 0.1) is 11.8 Å². The van der Waals surface area contributed by atoms with E-state index in [2.05, 4.69) is 0 Å². The summed E-state index contributed by atoms with van der Waals surface area (Å²) < 4.78 is 5.24. The van der Waals surface area contributed by atoms with Crippen LogP contribution in [-0.2, 0) is 14.3 Å². The van der Waals surface area contributed by atoms with Crippen LogP contribution >= 0.6 is 0 Å². The monoisotopic (exact) mass is 272 g/mol.